The Bertz CT molecular complexity index is 1100. The lowest BCUT2D eigenvalue weighted by molar-refractivity contribution is -0.140. The third-order valence-electron chi connectivity index (χ3n) is 5.58. The molecule has 1 heterocycles. The quantitative estimate of drug-likeness (QED) is 0.255. The van der Waals surface area contributed by atoms with Crippen LogP contribution < -0.4 is 16.4 Å². The van der Waals surface area contributed by atoms with Gasteiger partial charge in [0.15, 0.2) is 0 Å². The highest BCUT2D eigenvalue weighted by Crippen LogP contribution is 2.27. The number of primary amides is 1. The minimum atomic E-state index is -1.29. The van der Waals surface area contributed by atoms with Gasteiger partial charge in [-0.05, 0) is 53.8 Å². The van der Waals surface area contributed by atoms with Gasteiger partial charge in [-0.15, -0.1) is 11.3 Å². The van der Waals surface area contributed by atoms with Crippen LogP contribution in [0.25, 0.3) is 10.4 Å². The molecule has 2 aromatic rings. The van der Waals surface area contributed by atoms with E-state index in [-0.39, 0.29) is 12.8 Å². The summed E-state index contributed by atoms with van der Waals surface area (Å²) in [5.41, 5.74) is 8.51. The number of carbonyl (C=O) groups is 5. The molecule has 0 fully saturated rings. The van der Waals surface area contributed by atoms with E-state index < -0.39 is 60.5 Å². The van der Waals surface area contributed by atoms with Crippen molar-refractivity contribution in [3.05, 3.63) is 46.8 Å². The molecule has 6 N–H and O–H groups in total. The molecule has 3 atom stereocenters. The lowest BCUT2D eigenvalue weighted by Gasteiger charge is -2.24. The maximum atomic E-state index is 12.8. The van der Waals surface area contributed by atoms with E-state index in [1.54, 1.807) is 11.3 Å². The number of carboxylic acids is 2. The third kappa shape index (κ3) is 9.14. The van der Waals surface area contributed by atoms with Crippen molar-refractivity contribution in [3.8, 4) is 10.4 Å². The van der Waals surface area contributed by atoms with Gasteiger partial charge in [-0.25, -0.2) is 0 Å². The van der Waals surface area contributed by atoms with Crippen molar-refractivity contribution in [2.45, 2.75) is 58.0 Å². The molecular weight excluding hydrogens is 486 g/mol. The Morgan fingerprint density at radius 2 is 1.67 bits per heavy atom. The van der Waals surface area contributed by atoms with Gasteiger partial charge in [0, 0.05) is 17.7 Å². The number of hydrogen-bond acceptors (Lipinski definition) is 6. The molecule has 11 heteroatoms. The zero-order valence-corrected chi connectivity index (χ0v) is 21.0. The molecule has 194 valence electrons. The Hall–Kier alpha value is -3.73. The van der Waals surface area contributed by atoms with Crippen LogP contribution >= 0.6 is 11.3 Å². The van der Waals surface area contributed by atoms with Crippen LogP contribution in [0.2, 0.25) is 0 Å². The van der Waals surface area contributed by atoms with Gasteiger partial charge in [-0.2, -0.15) is 0 Å². The van der Waals surface area contributed by atoms with Gasteiger partial charge < -0.3 is 26.6 Å². The molecule has 0 aliphatic carbocycles. The number of aryl methyl sites for hydroxylation is 2. The lowest BCUT2D eigenvalue weighted by atomic mass is 9.97. The number of hydrogen-bond donors (Lipinski definition) is 5. The van der Waals surface area contributed by atoms with Gasteiger partial charge in [0.05, 0.1) is 6.42 Å². The number of nitrogens with two attached hydrogens (primary N) is 1. The zero-order chi connectivity index (χ0) is 26.8. The topological polar surface area (TPSA) is 176 Å². The van der Waals surface area contributed by atoms with E-state index in [9.17, 15) is 24.0 Å². The van der Waals surface area contributed by atoms with E-state index >= 15 is 0 Å². The fourth-order valence-corrected chi connectivity index (χ4v) is 4.53. The Kier molecular flexibility index (Phi) is 10.6. The fourth-order valence-electron chi connectivity index (χ4n) is 3.62. The highest BCUT2D eigenvalue weighted by Gasteiger charge is 2.30. The van der Waals surface area contributed by atoms with E-state index in [2.05, 4.69) is 22.1 Å². The van der Waals surface area contributed by atoms with E-state index in [0.29, 0.717) is 6.42 Å². The monoisotopic (exact) mass is 517 g/mol. The van der Waals surface area contributed by atoms with Crippen LogP contribution in [0, 0.1) is 12.8 Å². The van der Waals surface area contributed by atoms with Crippen molar-refractivity contribution in [3.63, 3.8) is 0 Å². The molecule has 0 aliphatic rings. The predicted molar refractivity (Wildman–Crippen MR) is 134 cm³/mol. The van der Waals surface area contributed by atoms with Crippen molar-refractivity contribution in [1.29, 1.82) is 0 Å². The molecule has 0 aliphatic heterocycles. The highest BCUT2D eigenvalue weighted by molar-refractivity contribution is 7.13. The number of benzene rings is 1. The van der Waals surface area contributed by atoms with Crippen LogP contribution in [-0.4, -0.2) is 52.0 Å². The number of carboxylic acid groups (broad SMARTS) is 2. The second-order valence-electron chi connectivity index (χ2n) is 8.70. The van der Waals surface area contributed by atoms with E-state index in [1.165, 1.54) is 12.5 Å². The minimum absolute atomic E-state index is 0.0585. The zero-order valence-electron chi connectivity index (χ0n) is 20.2. The summed E-state index contributed by atoms with van der Waals surface area (Å²) >= 11 is 1.65. The minimum Gasteiger partial charge on any atom is -0.481 e. The summed E-state index contributed by atoms with van der Waals surface area (Å²) in [6.07, 6.45) is -0.551. The number of amides is 3. The SMILES string of the molecule is Cc1csc(-c2ccc(CCC(=O)N[C@@H](CCC(=O)O)C(=O)NC(C(N)=O)[C@@H](C)CC(=O)O)cc2)c1. The maximum Gasteiger partial charge on any atom is 0.303 e. The van der Waals surface area contributed by atoms with Crippen LogP contribution in [0.3, 0.4) is 0 Å². The Morgan fingerprint density at radius 1 is 1.00 bits per heavy atom. The molecule has 10 nitrogen and oxygen atoms in total. The van der Waals surface area contributed by atoms with Crippen LogP contribution in [0.4, 0.5) is 0 Å². The molecule has 0 bridgehead atoms. The summed E-state index contributed by atoms with van der Waals surface area (Å²) in [6, 6.07) is 7.38. The number of nitrogens with one attached hydrogen (secondary N) is 2. The number of thiophene rings is 1. The van der Waals surface area contributed by atoms with Gasteiger partial charge in [-0.1, -0.05) is 31.2 Å². The number of aliphatic carboxylic acids is 2. The summed E-state index contributed by atoms with van der Waals surface area (Å²) in [6.45, 7) is 3.47. The summed E-state index contributed by atoms with van der Waals surface area (Å²) in [7, 11) is 0. The molecule has 0 radical (unpaired) electrons. The molecule has 1 aromatic heterocycles. The standard InChI is InChI=1S/C25H31N3O7S/c1-14-11-19(36-13-14)17-6-3-16(4-7-17)5-9-20(29)27-18(8-10-21(30)31)25(35)28-23(24(26)34)15(2)12-22(32)33/h3-4,6-7,11,13,15,18,23H,5,8-10,12H2,1-2H3,(H2,26,34)(H,27,29)(H,28,35)(H,30,31)(H,32,33)/t15-,18-,23?/m0/s1. The van der Waals surface area contributed by atoms with Gasteiger partial charge in [0.1, 0.15) is 12.1 Å². The number of carbonyl (C=O) groups excluding carboxylic acids is 3. The normalized spacial score (nSPS) is 13.3. The van der Waals surface area contributed by atoms with Crippen molar-refractivity contribution in [2.75, 3.05) is 0 Å². The second kappa shape index (κ2) is 13.4. The van der Waals surface area contributed by atoms with Gasteiger partial charge >= 0.3 is 11.9 Å². The van der Waals surface area contributed by atoms with E-state index in [4.69, 9.17) is 15.9 Å². The van der Waals surface area contributed by atoms with E-state index in [1.807, 2.05) is 31.2 Å². The maximum absolute atomic E-state index is 12.8. The smallest absolute Gasteiger partial charge is 0.303 e. The molecule has 0 spiro atoms. The van der Waals surface area contributed by atoms with E-state index in [0.717, 1.165) is 16.0 Å². The van der Waals surface area contributed by atoms with Crippen LogP contribution in [0.1, 0.15) is 43.7 Å². The first-order chi connectivity index (χ1) is 17.0. The second-order valence-corrected chi connectivity index (χ2v) is 9.61. The Balaban J connectivity index is 2.00. The molecule has 0 saturated heterocycles. The van der Waals surface area contributed by atoms with Crippen molar-refractivity contribution in [2.24, 2.45) is 11.7 Å². The summed E-state index contributed by atoms with van der Waals surface area (Å²) in [5, 5.41) is 24.9. The third-order valence-corrected chi connectivity index (χ3v) is 6.68. The first kappa shape index (κ1) is 28.5. The largest absolute Gasteiger partial charge is 0.481 e. The first-order valence-corrected chi connectivity index (χ1v) is 12.3. The van der Waals surface area contributed by atoms with Gasteiger partial charge in [0.25, 0.3) is 0 Å². The molecule has 1 unspecified atom stereocenters. The van der Waals surface area contributed by atoms with Gasteiger partial charge in [0.2, 0.25) is 17.7 Å². The Morgan fingerprint density at radius 3 is 2.19 bits per heavy atom. The summed E-state index contributed by atoms with van der Waals surface area (Å²) < 4.78 is 0. The van der Waals surface area contributed by atoms with Crippen LogP contribution in [0.15, 0.2) is 35.7 Å². The van der Waals surface area contributed by atoms with Crippen molar-refractivity contribution in [1.82, 2.24) is 10.6 Å². The lowest BCUT2D eigenvalue weighted by Crippen LogP contribution is -2.55. The highest BCUT2D eigenvalue weighted by atomic mass is 32.1. The van der Waals surface area contributed by atoms with Gasteiger partial charge in [-0.3, -0.25) is 24.0 Å². The molecule has 3 amide bonds. The summed E-state index contributed by atoms with van der Waals surface area (Å²) in [5.74, 6) is -5.33. The molecule has 2 rings (SSSR count). The van der Waals surface area contributed by atoms with Crippen molar-refractivity contribution < 1.29 is 34.2 Å². The molecular formula is C25H31N3O7S. The first-order valence-electron chi connectivity index (χ1n) is 11.4. The Labute approximate surface area is 212 Å². The van der Waals surface area contributed by atoms with Crippen LogP contribution in [-0.2, 0) is 30.4 Å². The summed E-state index contributed by atoms with van der Waals surface area (Å²) in [4.78, 5) is 60.3. The predicted octanol–water partition coefficient (Wildman–Crippen LogP) is 2.09. The van der Waals surface area contributed by atoms with Crippen LogP contribution in [0.5, 0.6) is 0 Å². The molecule has 0 saturated carbocycles. The molecule has 1 aromatic carbocycles. The number of rotatable bonds is 14. The average molecular weight is 518 g/mol. The van der Waals surface area contributed by atoms with Crippen molar-refractivity contribution >= 4 is 41.0 Å². The fraction of sp³-hybridized carbons (Fsp3) is 0.400. The average Bonchev–Trinajstić information content (AvgIpc) is 3.24. The molecule has 36 heavy (non-hydrogen) atoms.